The van der Waals surface area contributed by atoms with E-state index in [1.54, 1.807) is 6.20 Å². The van der Waals surface area contributed by atoms with E-state index in [9.17, 15) is 0 Å². The van der Waals surface area contributed by atoms with E-state index in [0.717, 1.165) is 27.0 Å². The van der Waals surface area contributed by atoms with E-state index in [-0.39, 0.29) is 0 Å². The quantitative estimate of drug-likeness (QED) is 0.597. The van der Waals surface area contributed by atoms with Crippen molar-refractivity contribution in [3.05, 3.63) is 28.9 Å². The van der Waals surface area contributed by atoms with Gasteiger partial charge in [0.05, 0.1) is 11.2 Å². The highest BCUT2D eigenvalue weighted by molar-refractivity contribution is 9.10. The second-order valence-electron chi connectivity index (χ2n) is 3.45. The van der Waals surface area contributed by atoms with Crippen LogP contribution in [0.15, 0.2) is 28.9 Å². The van der Waals surface area contributed by atoms with E-state index in [1.807, 2.05) is 18.2 Å². The Hall–Kier alpha value is -1.82. The van der Waals surface area contributed by atoms with Crippen LogP contribution in [0.25, 0.3) is 22.6 Å². The molecule has 0 saturated heterocycles. The summed E-state index contributed by atoms with van der Waals surface area (Å²) < 4.78 is 0.928. The van der Waals surface area contributed by atoms with E-state index in [0.29, 0.717) is 5.69 Å². The predicted octanol–water partition coefficient (Wildman–Crippen LogP) is 2.30. The van der Waals surface area contributed by atoms with Crippen molar-refractivity contribution in [1.82, 2.24) is 20.2 Å². The van der Waals surface area contributed by atoms with Crippen molar-refractivity contribution in [1.29, 1.82) is 0 Å². The van der Waals surface area contributed by atoms with E-state index < -0.39 is 0 Å². The number of imidazole rings is 1. The van der Waals surface area contributed by atoms with Crippen molar-refractivity contribution < 1.29 is 0 Å². The van der Waals surface area contributed by atoms with Gasteiger partial charge in [-0.2, -0.15) is 5.10 Å². The average Bonchev–Trinajstić information content (AvgIpc) is 2.82. The number of nitrogens with two attached hydrogens (primary N) is 1. The summed E-state index contributed by atoms with van der Waals surface area (Å²) in [4.78, 5) is 7.61. The first-order valence-corrected chi connectivity index (χ1v) is 5.48. The SMILES string of the molecule is Nc1cc(Br)cc2[nH]c(-c3ccn[nH]3)nc12. The Bertz CT molecular complexity index is 641. The number of H-pyrrole nitrogens is 2. The van der Waals surface area contributed by atoms with Crippen LogP contribution >= 0.6 is 15.9 Å². The first-order chi connectivity index (χ1) is 7.74. The zero-order valence-electron chi connectivity index (χ0n) is 8.16. The van der Waals surface area contributed by atoms with Gasteiger partial charge in [0.2, 0.25) is 0 Å². The van der Waals surface area contributed by atoms with Crippen LogP contribution in [0, 0.1) is 0 Å². The van der Waals surface area contributed by atoms with Crippen LogP contribution in [0.1, 0.15) is 0 Å². The lowest BCUT2D eigenvalue weighted by Crippen LogP contribution is -1.86. The number of aromatic amines is 2. The van der Waals surface area contributed by atoms with E-state index >= 15 is 0 Å². The first kappa shape index (κ1) is 9.41. The monoisotopic (exact) mass is 277 g/mol. The number of nitrogens with one attached hydrogen (secondary N) is 2. The first-order valence-electron chi connectivity index (χ1n) is 4.68. The van der Waals surface area contributed by atoms with Crippen molar-refractivity contribution in [3.8, 4) is 11.5 Å². The molecule has 0 atom stereocenters. The normalized spacial score (nSPS) is 11.1. The minimum atomic E-state index is 0.645. The van der Waals surface area contributed by atoms with Crippen LogP contribution in [0.5, 0.6) is 0 Å². The number of hydrogen-bond acceptors (Lipinski definition) is 3. The van der Waals surface area contributed by atoms with Gasteiger partial charge in [-0.15, -0.1) is 0 Å². The molecular formula is C10H8BrN5. The van der Waals surface area contributed by atoms with Gasteiger partial charge in [0.1, 0.15) is 11.2 Å². The van der Waals surface area contributed by atoms with Crippen LogP contribution < -0.4 is 5.73 Å². The largest absolute Gasteiger partial charge is 0.397 e. The second kappa shape index (κ2) is 3.34. The average molecular weight is 278 g/mol. The van der Waals surface area contributed by atoms with Gasteiger partial charge in [-0.3, -0.25) is 5.10 Å². The summed E-state index contributed by atoms with van der Waals surface area (Å²) in [5.74, 6) is 0.734. The van der Waals surface area contributed by atoms with E-state index in [1.165, 1.54) is 0 Å². The maximum Gasteiger partial charge on any atom is 0.156 e. The van der Waals surface area contributed by atoms with Gasteiger partial charge in [-0.25, -0.2) is 4.98 Å². The predicted molar refractivity (Wildman–Crippen MR) is 65.8 cm³/mol. The number of nitrogens with zero attached hydrogens (tertiary/aromatic N) is 2. The molecule has 0 unspecified atom stereocenters. The van der Waals surface area contributed by atoms with Crippen molar-refractivity contribution in [2.24, 2.45) is 0 Å². The Morgan fingerprint density at radius 3 is 2.94 bits per heavy atom. The molecule has 0 aliphatic rings. The fraction of sp³-hybridized carbons (Fsp3) is 0. The van der Waals surface area contributed by atoms with Gasteiger partial charge in [0.15, 0.2) is 5.82 Å². The molecule has 0 aliphatic carbocycles. The highest BCUT2D eigenvalue weighted by atomic mass is 79.9. The van der Waals surface area contributed by atoms with Gasteiger partial charge >= 0.3 is 0 Å². The number of fused-ring (bicyclic) bond motifs is 1. The smallest absolute Gasteiger partial charge is 0.156 e. The molecule has 80 valence electrons. The lowest BCUT2D eigenvalue weighted by molar-refractivity contribution is 1.08. The molecule has 0 spiro atoms. The molecule has 2 heterocycles. The molecule has 1 aromatic carbocycles. The summed E-state index contributed by atoms with van der Waals surface area (Å²) >= 11 is 3.39. The molecule has 6 heteroatoms. The van der Waals surface area contributed by atoms with Gasteiger partial charge < -0.3 is 10.7 Å². The molecule has 3 rings (SSSR count). The third kappa shape index (κ3) is 1.38. The van der Waals surface area contributed by atoms with Gasteiger partial charge in [-0.1, -0.05) is 15.9 Å². The molecule has 2 aromatic heterocycles. The van der Waals surface area contributed by atoms with Crippen molar-refractivity contribution in [3.63, 3.8) is 0 Å². The Balaban J connectivity index is 2.27. The zero-order chi connectivity index (χ0) is 11.1. The zero-order valence-corrected chi connectivity index (χ0v) is 9.75. The van der Waals surface area contributed by atoms with Crippen molar-refractivity contribution in [2.75, 3.05) is 5.73 Å². The molecule has 16 heavy (non-hydrogen) atoms. The standard InChI is InChI=1S/C10H8BrN5/c11-5-3-6(12)9-8(4-5)14-10(15-9)7-1-2-13-16-7/h1-4H,12H2,(H,13,16)(H,14,15). The fourth-order valence-electron chi connectivity index (χ4n) is 1.62. The third-order valence-electron chi connectivity index (χ3n) is 2.34. The van der Waals surface area contributed by atoms with Crippen molar-refractivity contribution >= 4 is 32.7 Å². The number of hydrogen-bond donors (Lipinski definition) is 3. The molecule has 0 fully saturated rings. The lowest BCUT2D eigenvalue weighted by atomic mass is 10.3. The summed E-state index contributed by atoms with van der Waals surface area (Å²) in [5, 5.41) is 6.74. The summed E-state index contributed by atoms with van der Waals surface area (Å²) in [6, 6.07) is 5.63. The Labute approximate surface area is 99.2 Å². The molecule has 0 saturated carbocycles. The topological polar surface area (TPSA) is 83.4 Å². The maximum atomic E-state index is 5.89. The molecule has 0 radical (unpaired) electrons. The van der Waals surface area contributed by atoms with Gasteiger partial charge in [-0.05, 0) is 18.2 Å². The number of anilines is 1. The lowest BCUT2D eigenvalue weighted by Gasteiger charge is -1.94. The number of halogens is 1. The minimum Gasteiger partial charge on any atom is -0.397 e. The van der Waals surface area contributed by atoms with E-state index in [2.05, 4.69) is 36.1 Å². The molecule has 0 aliphatic heterocycles. The van der Waals surface area contributed by atoms with Gasteiger partial charge in [0.25, 0.3) is 0 Å². The molecule has 0 bridgehead atoms. The fourth-order valence-corrected chi connectivity index (χ4v) is 2.10. The van der Waals surface area contributed by atoms with Crippen LogP contribution in [-0.4, -0.2) is 20.2 Å². The molecule has 5 nitrogen and oxygen atoms in total. The Kier molecular flexibility index (Phi) is 1.97. The summed E-state index contributed by atoms with van der Waals surface area (Å²) in [6.07, 6.45) is 1.68. The summed E-state index contributed by atoms with van der Waals surface area (Å²) in [5.41, 5.74) is 9.04. The molecule has 3 aromatic rings. The summed E-state index contributed by atoms with van der Waals surface area (Å²) in [6.45, 7) is 0. The highest BCUT2D eigenvalue weighted by Crippen LogP contribution is 2.26. The van der Waals surface area contributed by atoms with Crippen LogP contribution in [-0.2, 0) is 0 Å². The minimum absolute atomic E-state index is 0.645. The molecule has 4 N–H and O–H groups in total. The van der Waals surface area contributed by atoms with E-state index in [4.69, 9.17) is 5.73 Å². The number of benzene rings is 1. The number of rotatable bonds is 1. The van der Waals surface area contributed by atoms with Gasteiger partial charge in [0, 0.05) is 10.7 Å². The Morgan fingerprint density at radius 1 is 1.31 bits per heavy atom. The Morgan fingerprint density at radius 2 is 2.19 bits per heavy atom. The summed E-state index contributed by atoms with van der Waals surface area (Å²) in [7, 11) is 0. The third-order valence-corrected chi connectivity index (χ3v) is 2.79. The number of nitrogen functional groups attached to an aromatic ring is 1. The molecule has 0 amide bonds. The highest BCUT2D eigenvalue weighted by Gasteiger charge is 2.09. The van der Waals surface area contributed by atoms with Crippen molar-refractivity contribution in [2.45, 2.75) is 0 Å². The molecular weight excluding hydrogens is 270 g/mol. The van der Waals surface area contributed by atoms with Crippen LogP contribution in [0.2, 0.25) is 0 Å². The maximum absolute atomic E-state index is 5.89. The van der Waals surface area contributed by atoms with Crippen LogP contribution in [0.4, 0.5) is 5.69 Å². The second-order valence-corrected chi connectivity index (χ2v) is 4.36. The van der Waals surface area contributed by atoms with Crippen LogP contribution in [0.3, 0.4) is 0 Å². The number of aromatic nitrogens is 4.